The van der Waals surface area contributed by atoms with E-state index in [1.165, 1.54) is 6.92 Å². The molecule has 3 aromatic rings. The largest absolute Gasteiger partial charge is 0.389 e. The number of rotatable bonds is 8. The number of hydrogen-bond donors (Lipinski definition) is 3. The summed E-state index contributed by atoms with van der Waals surface area (Å²) in [7, 11) is 3.85. The maximum Gasteiger partial charge on any atom is 0.235 e. The molecule has 4 unspecified atom stereocenters. The summed E-state index contributed by atoms with van der Waals surface area (Å²) in [6, 6.07) is 22.5. The highest BCUT2D eigenvalue weighted by Crippen LogP contribution is 2.47. The van der Waals surface area contributed by atoms with Gasteiger partial charge in [0.05, 0.1) is 11.5 Å². The van der Waals surface area contributed by atoms with Crippen LogP contribution in [0, 0.1) is 11.8 Å². The molecule has 0 radical (unpaired) electrons. The van der Waals surface area contributed by atoms with Gasteiger partial charge in [-0.1, -0.05) is 62.4 Å². The predicted molar refractivity (Wildman–Crippen MR) is 160 cm³/mol. The van der Waals surface area contributed by atoms with Crippen LogP contribution in [0.1, 0.15) is 49.8 Å². The number of nitrogens with zero attached hydrogens (tertiary/aromatic N) is 1. The number of amides is 2. The maximum absolute atomic E-state index is 14.0. The normalized spacial score (nSPS) is 22.4. The van der Waals surface area contributed by atoms with Crippen molar-refractivity contribution < 1.29 is 19.5 Å². The molecule has 2 amide bonds. The fraction of sp³-hybridized carbons (Fsp3) is 0.364. The van der Waals surface area contributed by atoms with Gasteiger partial charge in [-0.25, -0.2) is 0 Å². The molecule has 7 heteroatoms. The van der Waals surface area contributed by atoms with Gasteiger partial charge in [0.1, 0.15) is 11.7 Å². The SMILES string of the molecule is CCc1ccccc1NC(=O)C1C(=O)CC(C)(O)C(C(=O)Nc2ccccc2CC)C1c1ccc(N(C)C)cc1. The third-order valence-corrected chi connectivity index (χ3v) is 7.94. The minimum Gasteiger partial charge on any atom is -0.389 e. The topological polar surface area (TPSA) is 98.7 Å². The first-order valence-corrected chi connectivity index (χ1v) is 13.9. The van der Waals surface area contributed by atoms with Crippen LogP contribution in [0.15, 0.2) is 72.8 Å². The lowest BCUT2D eigenvalue weighted by Crippen LogP contribution is -2.56. The number of ketones is 1. The lowest BCUT2D eigenvalue weighted by Gasteiger charge is -2.44. The van der Waals surface area contributed by atoms with Crippen molar-refractivity contribution in [2.24, 2.45) is 11.8 Å². The number of benzene rings is 3. The first-order valence-electron chi connectivity index (χ1n) is 13.9. The minimum absolute atomic E-state index is 0.305. The molecule has 0 aromatic heterocycles. The Morgan fingerprint density at radius 3 is 1.85 bits per heavy atom. The minimum atomic E-state index is -1.66. The predicted octanol–water partition coefficient (Wildman–Crippen LogP) is 5.19. The standard InChI is InChI=1S/C33H39N3O4/c1-6-21-12-8-10-14-25(21)34-31(38)29-27(37)20-33(3,40)30(28(29)23-16-18-24(19-17-23)36(4)5)32(39)35-26-15-11-9-13-22(26)7-2/h8-19,28-30,40H,6-7,20H2,1-5H3,(H,34,38)(H,35,39). The fourth-order valence-corrected chi connectivity index (χ4v) is 5.81. The molecule has 0 aliphatic heterocycles. The number of para-hydroxylation sites is 2. The first kappa shape index (κ1) is 29.0. The summed E-state index contributed by atoms with van der Waals surface area (Å²) in [4.78, 5) is 43.5. The monoisotopic (exact) mass is 541 g/mol. The van der Waals surface area contributed by atoms with Crippen LogP contribution in [-0.4, -0.2) is 42.4 Å². The molecule has 0 spiro atoms. The third-order valence-electron chi connectivity index (χ3n) is 7.94. The van der Waals surface area contributed by atoms with E-state index in [4.69, 9.17) is 0 Å². The van der Waals surface area contributed by atoms with Crippen molar-refractivity contribution in [3.05, 3.63) is 89.5 Å². The summed E-state index contributed by atoms with van der Waals surface area (Å²) in [6.07, 6.45) is 1.12. The van der Waals surface area contributed by atoms with Gasteiger partial charge in [0.2, 0.25) is 11.8 Å². The van der Waals surface area contributed by atoms with Crippen molar-refractivity contribution in [3.8, 4) is 0 Å². The number of carbonyl (C=O) groups excluding carboxylic acids is 3. The molecule has 4 rings (SSSR count). The van der Waals surface area contributed by atoms with E-state index < -0.39 is 41.0 Å². The highest BCUT2D eigenvalue weighted by Gasteiger charge is 2.56. The van der Waals surface area contributed by atoms with Crippen LogP contribution in [0.3, 0.4) is 0 Å². The van der Waals surface area contributed by atoms with Crippen LogP contribution < -0.4 is 15.5 Å². The fourth-order valence-electron chi connectivity index (χ4n) is 5.81. The number of carbonyl (C=O) groups is 3. The van der Waals surface area contributed by atoms with Gasteiger partial charge < -0.3 is 20.6 Å². The number of aryl methyl sites for hydroxylation is 2. The maximum atomic E-state index is 14.0. The Labute approximate surface area is 236 Å². The lowest BCUT2D eigenvalue weighted by molar-refractivity contribution is -0.150. The summed E-state index contributed by atoms with van der Waals surface area (Å²) < 4.78 is 0. The zero-order valence-corrected chi connectivity index (χ0v) is 23.9. The molecule has 4 atom stereocenters. The van der Waals surface area contributed by atoms with E-state index >= 15 is 0 Å². The number of hydrogen-bond acceptors (Lipinski definition) is 5. The second-order valence-corrected chi connectivity index (χ2v) is 11.0. The molecule has 1 aliphatic carbocycles. The Bertz CT molecular complexity index is 1380. The van der Waals surface area contributed by atoms with Gasteiger partial charge in [-0.2, -0.15) is 0 Å². The molecule has 210 valence electrons. The van der Waals surface area contributed by atoms with Crippen LogP contribution in [0.4, 0.5) is 17.1 Å². The molecule has 3 aromatic carbocycles. The van der Waals surface area contributed by atoms with Crippen LogP contribution >= 0.6 is 0 Å². The Kier molecular flexibility index (Phi) is 8.74. The van der Waals surface area contributed by atoms with E-state index in [0.29, 0.717) is 29.8 Å². The van der Waals surface area contributed by atoms with E-state index in [2.05, 4.69) is 10.6 Å². The second kappa shape index (κ2) is 12.0. The Balaban J connectivity index is 1.80. The second-order valence-electron chi connectivity index (χ2n) is 11.0. The summed E-state index contributed by atoms with van der Waals surface area (Å²) in [5.74, 6) is -4.39. The molecular weight excluding hydrogens is 502 g/mol. The summed E-state index contributed by atoms with van der Waals surface area (Å²) in [5, 5.41) is 17.6. The molecule has 1 saturated carbocycles. The average molecular weight is 542 g/mol. The van der Waals surface area contributed by atoms with Gasteiger partial charge in [-0.3, -0.25) is 14.4 Å². The molecule has 1 aliphatic rings. The van der Waals surface area contributed by atoms with E-state index in [-0.39, 0.29) is 6.42 Å². The summed E-state index contributed by atoms with van der Waals surface area (Å²) in [5.41, 5.74) is 3.12. The van der Waals surface area contributed by atoms with Crippen LogP contribution in [0.25, 0.3) is 0 Å². The number of Topliss-reactive ketones (excluding diaryl/α,β-unsaturated/α-hetero) is 1. The summed E-state index contributed by atoms with van der Waals surface area (Å²) >= 11 is 0. The quantitative estimate of drug-likeness (QED) is 0.341. The molecule has 3 N–H and O–H groups in total. The van der Waals surface area contributed by atoms with Gasteiger partial charge in [-0.05, 0) is 60.7 Å². The highest BCUT2D eigenvalue weighted by atomic mass is 16.3. The lowest BCUT2D eigenvalue weighted by atomic mass is 9.61. The van der Waals surface area contributed by atoms with Crippen molar-refractivity contribution in [1.82, 2.24) is 0 Å². The van der Waals surface area contributed by atoms with Crippen molar-refractivity contribution in [1.29, 1.82) is 0 Å². The molecule has 0 saturated heterocycles. The molecule has 7 nitrogen and oxygen atoms in total. The van der Waals surface area contributed by atoms with Crippen LogP contribution in [-0.2, 0) is 27.2 Å². The van der Waals surface area contributed by atoms with Gasteiger partial charge in [0, 0.05) is 43.5 Å². The first-order chi connectivity index (χ1) is 19.1. The zero-order chi connectivity index (χ0) is 29.0. The smallest absolute Gasteiger partial charge is 0.235 e. The van der Waals surface area contributed by atoms with Crippen molar-refractivity contribution >= 4 is 34.7 Å². The summed E-state index contributed by atoms with van der Waals surface area (Å²) in [6.45, 7) is 5.52. The Morgan fingerprint density at radius 1 is 0.850 bits per heavy atom. The average Bonchev–Trinajstić information content (AvgIpc) is 2.92. The van der Waals surface area contributed by atoms with Crippen molar-refractivity contribution in [2.45, 2.75) is 51.6 Å². The molecular formula is C33H39N3O4. The van der Waals surface area contributed by atoms with Crippen molar-refractivity contribution in [3.63, 3.8) is 0 Å². The van der Waals surface area contributed by atoms with Gasteiger partial charge in [0.25, 0.3) is 0 Å². The van der Waals surface area contributed by atoms with Gasteiger partial charge >= 0.3 is 0 Å². The highest BCUT2D eigenvalue weighted by molar-refractivity contribution is 6.10. The van der Waals surface area contributed by atoms with Gasteiger partial charge in [0.15, 0.2) is 0 Å². The van der Waals surface area contributed by atoms with Crippen LogP contribution in [0.5, 0.6) is 0 Å². The number of aliphatic hydroxyl groups is 1. The zero-order valence-electron chi connectivity index (χ0n) is 23.9. The van der Waals surface area contributed by atoms with E-state index in [0.717, 1.165) is 16.8 Å². The third kappa shape index (κ3) is 5.94. The van der Waals surface area contributed by atoms with Crippen LogP contribution in [0.2, 0.25) is 0 Å². The van der Waals surface area contributed by atoms with E-state index in [1.807, 2.05) is 106 Å². The molecule has 40 heavy (non-hydrogen) atoms. The number of anilines is 3. The van der Waals surface area contributed by atoms with Gasteiger partial charge in [-0.15, -0.1) is 0 Å². The van der Waals surface area contributed by atoms with E-state index in [1.54, 1.807) is 0 Å². The Morgan fingerprint density at radius 2 is 1.35 bits per heavy atom. The van der Waals surface area contributed by atoms with Crippen molar-refractivity contribution in [2.75, 3.05) is 29.6 Å². The molecule has 0 heterocycles. The Hall–Kier alpha value is -3.97. The molecule has 1 fully saturated rings. The van der Waals surface area contributed by atoms with E-state index in [9.17, 15) is 19.5 Å². The molecule has 0 bridgehead atoms. The number of nitrogens with one attached hydrogen (secondary N) is 2.